The van der Waals surface area contributed by atoms with Crippen molar-refractivity contribution < 1.29 is 4.79 Å². The van der Waals surface area contributed by atoms with E-state index in [2.05, 4.69) is 38.5 Å². The van der Waals surface area contributed by atoms with Crippen LogP contribution in [-0.4, -0.2) is 5.78 Å². The number of ketones is 1. The molecule has 1 aromatic rings. The second-order valence-electron chi connectivity index (χ2n) is 2.64. The molecule has 0 radical (unpaired) electrons. The molecule has 0 spiro atoms. The summed E-state index contributed by atoms with van der Waals surface area (Å²) in [4.78, 5) is 11.1. The van der Waals surface area contributed by atoms with Crippen LogP contribution < -0.4 is 0 Å². The molecule has 0 aliphatic heterocycles. The first-order chi connectivity index (χ1) is 5.52. The topological polar surface area (TPSA) is 17.1 Å². The smallest absolute Gasteiger partial charge is 0.160 e. The molecular weight excluding hydrogens is 331 g/mol. The van der Waals surface area contributed by atoms with Crippen molar-refractivity contribution in [1.82, 2.24) is 0 Å². The van der Waals surface area contributed by atoms with Gasteiger partial charge in [-0.05, 0) is 70.1 Å². The molecule has 0 bridgehead atoms. The summed E-state index contributed by atoms with van der Waals surface area (Å²) in [5, 5.41) is 0. The van der Waals surface area contributed by atoms with Gasteiger partial charge in [-0.25, -0.2) is 0 Å². The van der Waals surface area contributed by atoms with Crippen LogP contribution in [0.3, 0.4) is 0 Å². The number of Topliss-reactive ketones (excluding diaryl/α,β-unsaturated/α-hetero) is 1. The maximum Gasteiger partial charge on any atom is 0.160 e. The molecule has 0 saturated heterocycles. The second kappa shape index (κ2) is 3.87. The van der Waals surface area contributed by atoms with E-state index in [9.17, 15) is 4.79 Å². The SMILES string of the molecule is CC(=O)c1cc(Br)c(I)cc1C. The van der Waals surface area contributed by atoms with Gasteiger partial charge in [0.1, 0.15) is 0 Å². The molecule has 0 heterocycles. The summed E-state index contributed by atoms with van der Waals surface area (Å²) >= 11 is 5.62. The Morgan fingerprint density at radius 2 is 2.08 bits per heavy atom. The van der Waals surface area contributed by atoms with Crippen LogP contribution in [0.1, 0.15) is 22.8 Å². The molecule has 1 aromatic carbocycles. The van der Waals surface area contributed by atoms with Gasteiger partial charge in [0.25, 0.3) is 0 Å². The molecule has 0 aliphatic rings. The Balaban J connectivity index is 3.33. The Kier molecular flexibility index (Phi) is 3.29. The Hall–Kier alpha value is 0.1000. The lowest BCUT2D eigenvalue weighted by molar-refractivity contribution is 0.101. The first-order valence-corrected chi connectivity index (χ1v) is 5.36. The van der Waals surface area contributed by atoms with Crippen LogP contribution >= 0.6 is 38.5 Å². The third-order valence-corrected chi connectivity index (χ3v) is 3.94. The molecule has 0 unspecified atom stereocenters. The standard InChI is InChI=1S/C9H8BrIO/c1-5-3-9(11)8(10)4-7(5)6(2)12/h3-4H,1-2H3. The van der Waals surface area contributed by atoms with Gasteiger partial charge in [0.2, 0.25) is 0 Å². The molecule has 64 valence electrons. The molecular formula is C9H8BrIO. The normalized spacial score (nSPS) is 10.0. The van der Waals surface area contributed by atoms with E-state index < -0.39 is 0 Å². The average Bonchev–Trinajstić information content (AvgIpc) is 1.96. The Bertz CT molecular complexity index is 334. The number of carbonyl (C=O) groups excluding carboxylic acids is 1. The molecule has 12 heavy (non-hydrogen) atoms. The molecule has 1 rings (SSSR count). The minimum atomic E-state index is 0.115. The minimum absolute atomic E-state index is 0.115. The van der Waals surface area contributed by atoms with Crippen LogP contribution in [0.15, 0.2) is 16.6 Å². The summed E-state index contributed by atoms with van der Waals surface area (Å²) in [7, 11) is 0. The van der Waals surface area contributed by atoms with E-state index in [0.29, 0.717) is 0 Å². The predicted molar refractivity (Wildman–Crippen MR) is 61.6 cm³/mol. The van der Waals surface area contributed by atoms with Gasteiger partial charge in [-0.2, -0.15) is 0 Å². The summed E-state index contributed by atoms with van der Waals surface area (Å²) in [5.41, 5.74) is 1.83. The van der Waals surface area contributed by atoms with E-state index in [4.69, 9.17) is 0 Å². The van der Waals surface area contributed by atoms with Crippen molar-refractivity contribution in [3.63, 3.8) is 0 Å². The van der Waals surface area contributed by atoms with Crippen LogP contribution in [0.25, 0.3) is 0 Å². The highest BCUT2D eigenvalue weighted by Crippen LogP contribution is 2.23. The Morgan fingerprint density at radius 3 is 2.58 bits per heavy atom. The molecule has 3 heteroatoms. The molecule has 1 nitrogen and oxygen atoms in total. The highest BCUT2D eigenvalue weighted by Gasteiger charge is 2.06. The van der Waals surface area contributed by atoms with Gasteiger partial charge in [-0.15, -0.1) is 0 Å². The molecule has 0 saturated carbocycles. The number of aryl methyl sites for hydroxylation is 1. The molecule has 0 fully saturated rings. The third-order valence-electron chi connectivity index (χ3n) is 1.65. The van der Waals surface area contributed by atoms with Gasteiger partial charge < -0.3 is 0 Å². The fourth-order valence-corrected chi connectivity index (χ4v) is 1.99. The number of halogens is 2. The van der Waals surface area contributed by atoms with E-state index in [-0.39, 0.29) is 5.78 Å². The summed E-state index contributed by atoms with van der Waals surface area (Å²) in [5.74, 6) is 0.115. The highest BCUT2D eigenvalue weighted by molar-refractivity contribution is 14.1. The van der Waals surface area contributed by atoms with Gasteiger partial charge in [-0.3, -0.25) is 4.79 Å². The van der Waals surface area contributed by atoms with Gasteiger partial charge >= 0.3 is 0 Å². The van der Waals surface area contributed by atoms with E-state index in [1.54, 1.807) is 6.92 Å². The lowest BCUT2D eigenvalue weighted by atomic mass is 10.1. The lowest BCUT2D eigenvalue weighted by Crippen LogP contribution is -1.96. The fraction of sp³-hybridized carbons (Fsp3) is 0.222. The van der Waals surface area contributed by atoms with Crippen LogP contribution in [0, 0.1) is 10.5 Å². The number of hydrogen-bond donors (Lipinski definition) is 0. The lowest BCUT2D eigenvalue weighted by Gasteiger charge is -2.03. The molecule has 0 amide bonds. The van der Waals surface area contributed by atoms with Crippen molar-refractivity contribution in [3.05, 3.63) is 31.3 Å². The van der Waals surface area contributed by atoms with Gasteiger partial charge in [-0.1, -0.05) is 0 Å². The van der Waals surface area contributed by atoms with Crippen molar-refractivity contribution in [1.29, 1.82) is 0 Å². The van der Waals surface area contributed by atoms with Gasteiger partial charge in [0.05, 0.1) is 0 Å². The Morgan fingerprint density at radius 1 is 1.50 bits per heavy atom. The summed E-state index contributed by atoms with van der Waals surface area (Å²) in [6, 6.07) is 3.88. The second-order valence-corrected chi connectivity index (χ2v) is 4.65. The van der Waals surface area contributed by atoms with Crippen LogP contribution in [-0.2, 0) is 0 Å². The van der Waals surface area contributed by atoms with E-state index >= 15 is 0 Å². The number of benzene rings is 1. The number of rotatable bonds is 1. The highest BCUT2D eigenvalue weighted by atomic mass is 127. The summed E-state index contributed by atoms with van der Waals surface area (Å²) < 4.78 is 2.12. The zero-order valence-electron chi connectivity index (χ0n) is 6.82. The van der Waals surface area contributed by atoms with E-state index in [0.717, 1.165) is 19.2 Å². The van der Waals surface area contributed by atoms with Crippen molar-refractivity contribution in [3.8, 4) is 0 Å². The predicted octanol–water partition coefficient (Wildman–Crippen LogP) is 3.56. The van der Waals surface area contributed by atoms with Crippen LogP contribution in [0.5, 0.6) is 0 Å². The van der Waals surface area contributed by atoms with Gasteiger partial charge in [0.15, 0.2) is 5.78 Å². The first-order valence-electron chi connectivity index (χ1n) is 3.49. The fourth-order valence-electron chi connectivity index (χ4n) is 1.03. The third kappa shape index (κ3) is 2.07. The molecule has 0 aromatic heterocycles. The largest absolute Gasteiger partial charge is 0.295 e. The van der Waals surface area contributed by atoms with Crippen molar-refractivity contribution in [2.24, 2.45) is 0 Å². The molecule has 0 atom stereocenters. The molecule has 0 aliphatic carbocycles. The van der Waals surface area contributed by atoms with Gasteiger partial charge in [0, 0.05) is 13.6 Å². The quantitative estimate of drug-likeness (QED) is 0.565. The van der Waals surface area contributed by atoms with Crippen molar-refractivity contribution >= 4 is 44.3 Å². The van der Waals surface area contributed by atoms with E-state index in [1.807, 2.05) is 19.1 Å². The summed E-state index contributed by atoms with van der Waals surface area (Å²) in [6.07, 6.45) is 0. The maximum absolute atomic E-state index is 11.1. The number of carbonyl (C=O) groups is 1. The average molecular weight is 339 g/mol. The molecule has 0 N–H and O–H groups in total. The van der Waals surface area contributed by atoms with E-state index in [1.165, 1.54) is 0 Å². The van der Waals surface area contributed by atoms with Crippen molar-refractivity contribution in [2.45, 2.75) is 13.8 Å². The maximum atomic E-state index is 11.1. The minimum Gasteiger partial charge on any atom is -0.295 e. The number of hydrogen-bond acceptors (Lipinski definition) is 1. The zero-order chi connectivity index (χ0) is 9.30. The van der Waals surface area contributed by atoms with Crippen molar-refractivity contribution in [2.75, 3.05) is 0 Å². The van der Waals surface area contributed by atoms with Crippen LogP contribution in [0.4, 0.5) is 0 Å². The zero-order valence-corrected chi connectivity index (χ0v) is 10.6. The summed E-state index contributed by atoms with van der Waals surface area (Å²) in [6.45, 7) is 3.53. The Labute approximate surface area is 93.8 Å². The van der Waals surface area contributed by atoms with Crippen LogP contribution in [0.2, 0.25) is 0 Å². The monoisotopic (exact) mass is 338 g/mol. The first kappa shape index (κ1) is 10.2.